The molecule has 0 saturated heterocycles. The smallest absolute Gasteiger partial charge is 0.0541 e. The highest BCUT2D eigenvalue weighted by Crippen LogP contribution is 2.51. The van der Waals surface area contributed by atoms with Gasteiger partial charge in [-0.2, -0.15) is 0 Å². The predicted octanol–water partition coefficient (Wildman–Crippen LogP) is 13.3. The van der Waals surface area contributed by atoms with Crippen LogP contribution in [0.3, 0.4) is 0 Å². The predicted molar refractivity (Wildman–Crippen MR) is 229 cm³/mol. The Morgan fingerprint density at radius 3 is 2.15 bits per heavy atom. The van der Waals surface area contributed by atoms with Gasteiger partial charge in [-0.15, -0.1) is 0 Å². The Bertz CT molecular complexity index is 2440. The average Bonchev–Trinajstić information content (AvgIpc) is 3.65. The number of allylic oxidation sites excluding steroid dienone is 9. The molecule has 0 amide bonds. The van der Waals surface area contributed by atoms with Crippen LogP contribution in [0.5, 0.6) is 0 Å². The molecule has 1 unspecified atom stereocenters. The summed E-state index contributed by atoms with van der Waals surface area (Å²) in [5.41, 5.74) is 15.3. The molecule has 2 aliphatic carbocycles. The van der Waals surface area contributed by atoms with Crippen LogP contribution >= 0.6 is 0 Å². The summed E-state index contributed by atoms with van der Waals surface area (Å²) in [7, 11) is 0. The van der Waals surface area contributed by atoms with E-state index in [0.29, 0.717) is 0 Å². The minimum absolute atomic E-state index is 0.0952. The van der Waals surface area contributed by atoms with Crippen molar-refractivity contribution in [2.24, 2.45) is 0 Å². The fourth-order valence-corrected chi connectivity index (χ4v) is 8.65. The van der Waals surface area contributed by atoms with Crippen LogP contribution < -0.4 is 4.90 Å². The number of para-hydroxylation sites is 2. The van der Waals surface area contributed by atoms with E-state index in [4.69, 9.17) is 0 Å². The van der Waals surface area contributed by atoms with Crippen LogP contribution in [0, 0.1) is 0 Å². The molecule has 0 bridgehead atoms. The summed E-state index contributed by atoms with van der Waals surface area (Å²) in [5, 5.41) is 2.57. The number of fused-ring (bicyclic) bond motifs is 6. The first-order valence-electron chi connectivity index (χ1n) is 19.0. The van der Waals surface area contributed by atoms with Gasteiger partial charge in [0.25, 0.3) is 0 Å². The molecule has 0 spiro atoms. The van der Waals surface area contributed by atoms with Crippen molar-refractivity contribution in [1.29, 1.82) is 0 Å². The fraction of sp³-hybridized carbons (Fsp3) is 0.176. The van der Waals surface area contributed by atoms with Crippen LogP contribution in [0.15, 0.2) is 182 Å². The minimum atomic E-state index is -0.182. The van der Waals surface area contributed by atoms with E-state index in [-0.39, 0.29) is 11.5 Å². The molecule has 2 heteroatoms. The Morgan fingerprint density at radius 1 is 0.830 bits per heavy atom. The number of benzene rings is 5. The molecule has 53 heavy (non-hydrogen) atoms. The summed E-state index contributed by atoms with van der Waals surface area (Å²) in [6.07, 6.45) is 19.9. The molecule has 8 rings (SSSR count). The van der Waals surface area contributed by atoms with E-state index in [9.17, 15) is 0 Å². The van der Waals surface area contributed by atoms with Gasteiger partial charge in [0.15, 0.2) is 0 Å². The minimum Gasteiger partial charge on any atom is -0.361 e. The number of hydrogen-bond donors (Lipinski definition) is 0. The maximum atomic E-state index is 4.11. The van der Waals surface area contributed by atoms with E-state index in [1.807, 2.05) is 6.08 Å². The standard InChI is InChI=1S/C51H48N2/c1-6-19-42(39-22-12-9-13-23-39)36(3)52(33-18-24-37(7-2)38-20-10-8-11-21-38)40-29-31-43-44-32-30-41(35-48(44)51(4,5)47(43)34-40)53-49-27-16-14-25-45(49)46-26-15-17-28-50(46)53/h6-10,12-20,22-32,34-36H,1,11,21,33H2,2-5H3/b24-18-,37-7+,42-19+. The molecule has 0 N–H and O–H groups in total. The van der Waals surface area contributed by atoms with Crippen molar-refractivity contribution in [3.63, 3.8) is 0 Å². The Morgan fingerprint density at radius 2 is 1.49 bits per heavy atom. The lowest BCUT2D eigenvalue weighted by Gasteiger charge is -2.34. The van der Waals surface area contributed by atoms with Crippen LogP contribution in [0.1, 0.15) is 57.2 Å². The average molecular weight is 689 g/mol. The first kappa shape index (κ1) is 34.2. The third kappa shape index (κ3) is 6.13. The topological polar surface area (TPSA) is 8.17 Å². The zero-order chi connectivity index (χ0) is 36.5. The maximum Gasteiger partial charge on any atom is 0.0541 e. The van der Waals surface area contributed by atoms with Gasteiger partial charge in [0.1, 0.15) is 0 Å². The van der Waals surface area contributed by atoms with Crippen molar-refractivity contribution < 1.29 is 0 Å². The normalized spacial score (nSPS) is 15.8. The summed E-state index contributed by atoms with van der Waals surface area (Å²) in [6, 6.07) is 42.6. The largest absolute Gasteiger partial charge is 0.361 e. The van der Waals surface area contributed by atoms with Gasteiger partial charge in [-0.05, 0) is 108 Å². The van der Waals surface area contributed by atoms with Gasteiger partial charge in [0.05, 0.1) is 17.1 Å². The first-order valence-corrected chi connectivity index (χ1v) is 19.0. The second-order valence-corrected chi connectivity index (χ2v) is 14.8. The fourth-order valence-electron chi connectivity index (χ4n) is 8.65. The van der Waals surface area contributed by atoms with E-state index in [1.54, 1.807) is 0 Å². The molecule has 6 aromatic rings. The lowest BCUT2D eigenvalue weighted by atomic mass is 9.82. The van der Waals surface area contributed by atoms with Gasteiger partial charge in [0, 0.05) is 34.1 Å². The van der Waals surface area contributed by atoms with Crippen LogP contribution in [-0.2, 0) is 5.41 Å². The van der Waals surface area contributed by atoms with Gasteiger partial charge in [0.2, 0.25) is 0 Å². The van der Waals surface area contributed by atoms with E-state index in [0.717, 1.165) is 19.4 Å². The Hall–Kier alpha value is -5.86. The third-order valence-electron chi connectivity index (χ3n) is 11.4. The van der Waals surface area contributed by atoms with Crippen molar-refractivity contribution in [2.75, 3.05) is 11.4 Å². The van der Waals surface area contributed by atoms with Crippen molar-refractivity contribution in [2.45, 2.75) is 52.0 Å². The van der Waals surface area contributed by atoms with Gasteiger partial charge in [-0.1, -0.05) is 148 Å². The Kier molecular flexibility index (Phi) is 9.22. The summed E-state index contributed by atoms with van der Waals surface area (Å²) in [5.74, 6) is 0. The lowest BCUT2D eigenvalue weighted by molar-refractivity contribution is 0.659. The van der Waals surface area contributed by atoms with Crippen molar-refractivity contribution in [3.05, 3.63) is 198 Å². The second kappa shape index (κ2) is 14.3. The van der Waals surface area contributed by atoms with Crippen LogP contribution in [0.4, 0.5) is 5.69 Å². The monoisotopic (exact) mass is 688 g/mol. The van der Waals surface area contributed by atoms with Gasteiger partial charge < -0.3 is 9.47 Å². The maximum absolute atomic E-state index is 4.11. The SMILES string of the molecule is C=C/C=C(/c1ccccc1)C(C)N(C/C=C\C(=C/C)C1=CC=CCC1)c1ccc2c(c1)C(C)(C)c1cc(-n3c4ccccc4c4ccccc43)ccc1-2. The van der Waals surface area contributed by atoms with Gasteiger partial charge in [-0.25, -0.2) is 0 Å². The third-order valence-corrected chi connectivity index (χ3v) is 11.4. The molecule has 0 aliphatic heterocycles. The number of nitrogens with zero attached hydrogens (tertiary/aromatic N) is 2. The van der Waals surface area contributed by atoms with Crippen LogP contribution in [0.2, 0.25) is 0 Å². The van der Waals surface area contributed by atoms with Gasteiger partial charge in [-0.3, -0.25) is 0 Å². The molecule has 1 aromatic heterocycles. The zero-order valence-corrected chi connectivity index (χ0v) is 31.4. The molecular weight excluding hydrogens is 641 g/mol. The zero-order valence-electron chi connectivity index (χ0n) is 31.4. The quantitative estimate of drug-likeness (QED) is 0.130. The molecule has 2 nitrogen and oxygen atoms in total. The first-order chi connectivity index (χ1) is 25.9. The summed E-state index contributed by atoms with van der Waals surface area (Å²) in [4.78, 5) is 2.55. The highest BCUT2D eigenvalue weighted by Gasteiger charge is 2.36. The molecule has 1 atom stereocenters. The highest BCUT2D eigenvalue weighted by molar-refractivity contribution is 6.09. The Balaban J connectivity index is 1.20. The molecule has 2 aliphatic rings. The summed E-state index contributed by atoms with van der Waals surface area (Å²) < 4.78 is 2.43. The van der Waals surface area contributed by atoms with Gasteiger partial charge >= 0.3 is 0 Å². The van der Waals surface area contributed by atoms with Crippen molar-refractivity contribution in [3.8, 4) is 16.8 Å². The Labute approximate surface area is 315 Å². The number of aromatic nitrogens is 1. The molecular formula is C51H48N2. The molecule has 5 aromatic carbocycles. The van der Waals surface area contributed by atoms with Crippen LogP contribution in [-0.4, -0.2) is 17.2 Å². The molecule has 0 fully saturated rings. The number of rotatable bonds is 10. The highest BCUT2D eigenvalue weighted by atomic mass is 15.2. The molecule has 0 radical (unpaired) electrons. The molecule has 262 valence electrons. The summed E-state index contributed by atoms with van der Waals surface area (Å²) >= 11 is 0. The molecule has 0 saturated carbocycles. The lowest BCUT2D eigenvalue weighted by Crippen LogP contribution is -2.34. The van der Waals surface area contributed by atoms with E-state index < -0.39 is 0 Å². The summed E-state index contributed by atoms with van der Waals surface area (Å²) in [6.45, 7) is 14.1. The van der Waals surface area contributed by atoms with Crippen molar-refractivity contribution in [1.82, 2.24) is 4.57 Å². The molecule has 1 heterocycles. The number of hydrogen-bond acceptors (Lipinski definition) is 1. The number of anilines is 1. The van der Waals surface area contributed by atoms with E-state index in [1.165, 1.54) is 77.7 Å². The van der Waals surface area contributed by atoms with E-state index >= 15 is 0 Å². The van der Waals surface area contributed by atoms with Crippen LogP contribution in [0.25, 0.3) is 44.2 Å². The van der Waals surface area contributed by atoms with E-state index in [2.05, 4.69) is 202 Å². The second-order valence-electron chi connectivity index (χ2n) is 14.8. The van der Waals surface area contributed by atoms with Crippen molar-refractivity contribution >= 4 is 33.1 Å².